The average Bonchev–Trinajstić information content (AvgIpc) is 2.28. The Morgan fingerprint density at radius 1 is 1.44 bits per heavy atom. The normalized spacial score (nSPS) is 11.9. The third-order valence-electron chi connectivity index (χ3n) is 1.87. The first-order valence-corrected chi connectivity index (χ1v) is 6.64. The molecular weight excluding hydrogens is 338 g/mol. The second kappa shape index (κ2) is 6.91. The molecule has 0 aliphatic heterocycles. The highest BCUT2D eigenvalue weighted by Crippen LogP contribution is 2.14. The molecule has 1 N–H and O–H groups in total. The van der Waals surface area contributed by atoms with Gasteiger partial charge >= 0.3 is 5.97 Å². The van der Waals surface area contributed by atoms with Crippen molar-refractivity contribution in [2.75, 3.05) is 18.5 Å². The van der Waals surface area contributed by atoms with Crippen LogP contribution in [0.4, 0.5) is 5.69 Å². The van der Waals surface area contributed by atoms with Crippen molar-refractivity contribution in [3.05, 3.63) is 28.7 Å². The Morgan fingerprint density at radius 3 is 2.62 bits per heavy atom. The number of hydrogen-bond acceptors (Lipinski definition) is 3. The van der Waals surface area contributed by atoms with E-state index >= 15 is 0 Å². The molecule has 0 amide bonds. The number of nitrogens with one attached hydrogen (secondary N) is 1. The summed E-state index contributed by atoms with van der Waals surface area (Å²) in [4.78, 5) is 11.0. The van der Waals surface area contributed by atoms with E-state index in [0.717, 1.165) is 10.2 Å². The number of esters is 1. The number of ether oxygens (including phenoxy) is 1. The van der Waals surface area contributed by atoms with Crippen LogP contribution in [0, 0.1) is 0 Å². The molecule has 1 atom stereocenters. The summed E-state index contributed by atoms with van der Waals surface area (Å²) in [5.74, 6) is -0.243. The Hall–Kier alpha value is -0.550. The van der Waals surface area contributed by atoms with Gasteiger partial charge in [-0.15, -0.1) is 0 Å². The van der Waals surface area contributed by atoms with Gasteiger partial charge in [-0.25, -0.2) is 0 Å². The maximum Gasteiger partial charge on any atom is 0.321 e. The zero-order valence-corrected chi connectivity index (χ0v) is 12.0. The predicted molar refractivity (Wildman–Crippen MR) is 72.0 cm³/mol. The summed E-state index contributed by atoms with van der Waals surface area (Å²) in [5.41, 5.74) is 0.969. The smallest absolute Gasteiger partial charge is 0.321 e. The van der Waals surface area contributed by atoms with Gasteiger partial charge in [0.2, 0.25) is 0 Å². The maximum absolute atomic E-state index is 11.3. The second-order valence-electron chi connectivity index (χ2n) is 3.11. The SMILES string of the molecule is CCOC(=O)C(Br)CNc1ccc(Br)cc1. The van der Waals surface area contributed by atoms with Crippen LogP contribution in [-0.4, -0.2) is 23.9 Å². The summed E-state index contributed by atoms with van der Waals surface area (Å²) < 4.78 is 5.90. The van der Waals surface area contributed by atoms with E-state index < -0.39 is 0 Å². The lowest BCUT2D eigenvalue weighted by Gasteiger charge is -2.11. The van der Waals surface area contributed by atoms with Gasteiger partial charge in [0.05, 0.1) is 6.61 Å². The fourth-order valence-electron chi connectivity index (χ4n) is 1.09. The van der Waals surface area contributed by atoms with Gasteiger partial charge in [-0.1, -0.05) is 31.9 Å². The van der Waals surface area contributed by atoms with Crippen molar-refractivity contribution in [3.8, 4) is 0 Å². The molecule has 0 heterocycles. The Morgan fingerprint density at radius 2 is 2.06 bits per heavy atom. The van der Waals surface area contributed by atoms with Gasteiger partial charge < -0.3 is 10.1 Å². The molecule has 88 valence electrons. The van der Waals surface area contributed by atoms with Crippen LogP contribution in [0.25, 0.3) is 0 Å². The van der Waals surface area contributed by atoms with E-state index in [1.807, 2.05) is 24.3 Å². The molecule has 0 bridgehead atoms. The van der Waals surface area contributed by atoms with E-state index in [1.54, 1.807) is 6.92 Å². The van der Waals surface area contributed by atoms with Gasteiger partial charge in [0.25, 0.3) is 0 Å². The number of alkyl halides is 1. The fraction of sp³-hybridized carbons (Fsp3) is 0.364. The zero-order chi connectivity index (χ0) is 12.0. The summed E-state index contributed by atoms with van der Waals surface area (Å²) in [5, 5.41) is 3.14. The molecule has 0 aliphatic carbocycles. The van der Waals surface area contributed by atoms with Crippen molar-refractivity contribution in [1.29, 1.82) is 0 Å². The number of carbonyl (C=O) groups excluding carboxylic acids is 1. The monoisotopic (exact) mass is 349 g/mol. The molecule has 0 spiro atoms. The minimum absolute atomic E-state index is 0.243. The molecule has 0 aliphatic rings. The molecule has 0 fully saturated rings. The van der Waals surface area contributed by atoms with Gasteiger partial charge in [0.15, 0.2) is 0 Å². The summed E-state index contributed by atoms with van der Waals surface area (Å²) >= 11 is 6.63. The number of anilines is 1. The highest BCUT2D eigenvalue weighted by molar-refractivity contribution is 9.10. The third-order valence-corrected chi connectivity index (χ3v) is 3.10. The van der Waals surface area contributed by atoms with Crippen molar-refractivity contribution in [3.63, 3.8) is 0 Å². The summed E-state index contributed by atoms with van der Waals surface area (Å²) in [7, 11) is 0. The van der Waals surface area contributed by atoms with E-state index in [4.69, 9.17) is 4.74 Å². The van der Waals surface area contributed by atoms with Crippen molar-refractivity contribution >= 4 is 43.5 Å². The first kappa shape index (κ1) is 13.5. The van der Waals surface area contributed by atoms with Crippen LogP contribution < -0.4 is 5.32 Å². The Labute approximate surface area is 112 Å². The quantitative estimate of drug-likeness (QED) is 0.654. The van der Waals surface area contributed by atoms with Crippen LogP contribution in [0.2, 0.25) is 0 Å². The lowest BCUT2D eigenvalue weighted by atomic mass is 10.3. The molecule has 1 aromatic carbocycles. The highest BCUT2D eigenvalue weighted by atomic mass is 79.9. The van der Waals surface area contributed by atoms with E-state index in [0.29, 0.717) is 13.2 Å². The summed E-state index contributed by atoms with van der Waals surface area (Å²) in [6, 6.07) is 7.76. The van der Waals surface area contributed by atoms with E-state index in [2.05, 4.69) is 37.2 Å². The third kappa shape index (κ3) is 4.53. The Balaban J connectivity index is 2.39. The first-order chi connectivity index (χ1) is 7.63. The van der Waals surface area contributed by atoms with Crippen LogP contribution in [0.15, 0.2) is 28.7 Å². The fourth-order valence-corrected chi connectivity index (χ4v) is 1.65. The lowest BCUT2D eigenvalue weighted by Crippen LogP contribution is -2.25. The number of hydrogen-bond donors (Lipinski definition) is 1. The number of benzene rings is 1. The maximum atomic E-state index is 11.3. The second-order valence-corrected chi connectivity index (χ2v) is 5.13. The summed E-state index contributed by atoms with van der Waals surface area (Å²) in [6.45, 7) is 2.69. The molecule has 1 rings (SSSR count). The van der Waals surface area contributed by atoms with E-state index in [-0.39, 0.29) is 10.8 Å². The lowest BCUT2D eigenvalue weighted by molar-refractivity contribution is -0.141. The summed E-state index contributed by atoms with van der Waals surface area (Å²) in [6.07, 6.45) is 0. The molecule has 0 saturated carbocycles. The number of carbonyl (C=O) groups is 1. The van der Waals surface area contributed by atoms with E-state index in [9.17, 15) is 4.79 Å². The molecule has 16 heavy (non-hydrogen) atoms. The molecule has 1 unspecified atom stereocenters. The number of halogens is 2. The van der Waals surface area contributed by atoms with Crippen LogP contribution in [0.1, 0.15) is 6.92 Å². The topological polar surface area (TPSA) is 38.3 Å². The molecule has 1 aromatic rings. The van der Waals surface area contributed by atoms with Crippen LogP contribution in [-0.2, 0) is 9.53 Å². The number of rotatable bonds is 5. The van der Waals surface area contributed by atoms with Gasteiger partial charge in [0.1, 0.15) is 4.83 Å². The minimum Gasteiger partial charge on any atom is -0.465 e. The standard InChI is InChI=1S/C11H13Br2NO2/c1-2-16-11(15)10(13)7-14-9-5-3-8(12)4-6-9/h3-6,10,14H,2,7H2,1H3. The van der Waals surface area contributed by atoms with Crippen molar-refractivity contribution < 1.29 is 9.53 Å². The molecular formula is C11H13Br2NO2. The average molecular weight is 351 g/mol. The molecule has 5 heteroatoms. The Kier molecular flexibility index (Phi) is 5.84. The van der Waals surface area contributed by atoms with Crippen molar-refractivity contribution in [1.82, 2.24) is 0 Å². The molecule has 3 nitrogen and oxygen atoms in total. The van der Waals surface area contributed by atoms with Gasteiger partial charge in [-0.2, -0.15) is 0 Å². The van der Waals surface area contributed by atoms with Gasteiger partial charge in [0, 0.05) is 16.7 Å². The molecule has 0 saturated heterocycles. The highest BCUT2D eigenvalue weighted by Gasteiger charge is 2.15. The predicted octanol–water partition coefficient (Wildman–Crippen LogP) is 3.19. The van der Waals surface area contributed by atoms with Crippen LogP contribution >= 0.6 is 31.9 Å². The van der Waals surface area contributed by atoms with Gasteiger partial charge in [-0.05, 0) is 31.2 Å². The minimum atomic E-state index is -0.323. The molecule has 0 radical (unpaired) electrons. The Bertz CT molecular complexity index is 340. The zero-order valence-electron chi connectivity index (χ0n) is 8.87. The van der Waals surface area contributed by atoms with Crippen molar-refractivity contribution in [2.45, 2.75) is 11.8 Å². The van der Waals surface area contributed by atoms with E-state index in [1.165, 1.54) is 0 Å². The first-order valence-electron chi connectivity index (χ1n) is 4.93. The van der Waals surface area contributed by atoms with Crippen LogP contribution in [0.3, 0.4) is 0 Å². The largest absolute Gasteiger partial charge is 0.465 e. The van der Waals surface area contributed by atoms with Crippen molar-refractivity contribution in [2.24, 2.45) is 0 Å². The van der Waals surface area contributed by atoms with Crippen LogP contribution in [0.5, 0.6) is 0 Å². The van der Waals surface area contributed by atoms with Gasteiger partial charge in [-0.3, -0.25) is 4.79 Å². The molecule has 0 aromatic heterocycles.